The number of nitrogens with one attached hydrogen (secondary N) is 1. The first-order chi connectivity index (χ1) is 17.4. The van der Waals surface area contributed by atoms with Crippen molar-refractivity contribution in [2.24, 2.45) is 0 Å². The highest BCUT2D eigenvalue weighted by molar-refractivity contribution is 7.99. The largest absolute Gasteiger partial charge is 0.325 e. The summed E-state index contributed by atoms with van der Waals surface area (Å²) < 4.78 is 3.23. The molecule has 3 heterocycles. The molecule has 5 rings (SSSR count). The molecule has 0 saturated carbocycles. The number of hydrogen-bond acceptors (Lipinski definition) is 5. The highest BCUT2D eigenvalue weighted by Gasteiger charge is 2.46. The summed E-state index contributed by atoms with van der Waals surface area (Å²) in [7, 11) is 0. The number of aromatic amines is 1. The number of fused-ring (bicyclic) bond motifs is 4. The first kappa shape index (κ1) is 24.0. The van der Waals surface area contributed by atoms with Gasteiger partial charge in [0.15, 0.2) is 0 Å². The van der Waals surface area contributed by atoms with E-state index < -0.39 is 6.17 Å². The van der Waals surface area contributed by atoms with E-state index >= 15 is 0 Å². The number of amides is 1. The summed E-state index contributed by atoms with van der Waals surface area (Å²) in [6.07, 6.45) is 4.25. The molecule has 1 amide bonds. The van der Waals surface area contributed by atoms with Gasteiger partial charge in [0.05, 0.1) is 22.3 Å². The quantitative estimate of drug-likeness (QED) is 0.238. The maximum absolute atomic E-state index is 13.5. The van der Waals surface area contributed by atoms with Gasteiger partial charge >= 0.3 is 11.3 Å². The number of aromatic nitrogens is 4. The van der Waals surface area contributed by atoms with Crippen LogP contribution < -0.4 is 15.1 Å². The lowest BCUT2D eigenvalue weighted by atomic mass is 10.0. The maximum atomic E-state index is 13.5. The summed E-state index contributed by atoms with van der Waals surface area (Å²) >= 11 is 1.50. The highest BCUT2D eigenvalue weighted by Crippen LogP contribution is 2.39. The van der Waals surface area contributed by atoms with Gasteiger partial charge in [0.2, 0.25) is 17.0 Å². The molecule has 0 radical (unpaired) electrons. The van der Waals surface area contributed by atoms with Crippen molar-refractivity contribution in [3.63, 3.8) is 0 Å². The maximum Gasteiger partial charge on any atom is 0.325 e. The fourth-order valence-corrected chi connectivity index (χ4v) is 5.70. The number of hydrogen-bond donors (Lipinski definition) is 1. The third kappa shape index (κ3) is 4.03. The van der Waals surface area contributed by atoms with Crippen LogP contribution in [-0.4, -0.2) is 32.2 Å². The number of carbonyl (C=O) groups excluding carboxylic acids is 2. The van der Waals surface area contributed by atoms with Crippen molar-refractivity contribution in [3.05, 3.63) is 70.6 Å². The molecule has 2 aromatic heterocycles. The number of nitrogens with zero attached hydrogens (tertiary/aromatic N) is 4. The van der Waals surface area contributed by atoms with E-state index in [1.807, 2.05) is 48.5 Å². The Morgan fingerprint density at radius 2 is 1.81 bits per heavy atom. The molecule has 0 fully saturated rings. The van der Waals surface area contributed by atoms with Crippen molar-refractivity contribution in [1.29, 1.82) is 0 Å². The third-order valence-corrected chi connectivity index (χ3v) is 7.39. The molecular weight excluding hydrogens is 474 g/mol. The van der Waals surface area contributed by atoms with Gasteiger partial charge in [-0.25, -0.2) is 4.90 Å². The highest BCUT2D eigenvalue weighted by atomic mass is 32.2. The Labute approximate surface area is 212 Å². The van der Waals surface area contributed by atoms with Gasteiger partial charge in [-0.05, 0) is 29.3 Å². The number of anilines is 1. The average Bonchev–Trinajstić information content (AvgIpc) is 3.25. The molecule has 1 aliphatic rings. The first-order valence-electron chi connectivity index (χ1n) is 12.1. The lowest BCUT2D eigenvalue weighted by Crippen LogP contribution is -2.60. The Hall–Kier alpha value is -3.72. The van der Waals surface area contributed by atoms with Crippen LogP contribution in [0.25, 0.3) is 22.2 Å². The van der Waals surface area contributed by atoms with E-state index in [0.717, 1.165) is 41.5 Å². The zero-order chi connectivity index (χ0) is 25.4. The van der Waals surface area contributed by atoms with Crippen LogP contribution in [0.2, 0.25) is 0 Å². The predicted molar refractivity (Wildman–Crippen MR) is 140 cm³/mol. The van der Waals surface area contributed by atoms with Gasteiger partial charge in [-0.2, -0.15) is 0 Å². The van der Waals surface area contributed by atoms with Crippen LogP contribution in [0.15, 0.2) is 64.7 Å². The fourth-order valence-electron chi connectivity index (χ4n) is 4.85. The van der Waals surface area contributed by atoms with E-state index in [1.54, 1.807) is 20.3 Å². The Bertz CT molecular complexity index is 1540. The van der Waals surface area contributed by atoms with Crippen LogP contribution >= 0.6 is 11.8 Å². The van der Waals surface area contributed by atoms with Gasteiger partial charge in [-0.1, -0.05) is 61.9 Å². The number of para-hydroxylation sites is 2. The minimum atomic E-state index is -0.741. The van der Waals surface area contributed by atoms with Crippen molar-refractivity contribution in [2.45, 2.75) is 51.4 Å². The normalized spacial score (nSPS) is 14.5. The molecule has 8 nitrogen and oxygen atoms in total. The van der Waals surface area contributed by atoms with Crippen molar-refractivity contribution >= 4 is 40.2 Å². The first-order valence-corrected chi connectivity index (χ1v) is 13.1. The van der Waals surface area contributed by atoms with Gasteiger partial charge in [-0.3, -0.25) is 23.9 Å². The van der Waals surface area contributed by atoms with E-state index in [2.05, 4.69) is 11.9 Å². The van der Waals surface area contributed by atoms with E-state index in [9.17, 15) is 14.4 Å². The van der Waals surface area contributed by atoms with Gasteiger partial charge < -0.3 is 0 Å². The molecule has 0 unspecified atom stereocenters. The van der Waals surface area contributed by atoms with Gasteiger partial charge in [0.25, 0.3) is 6.17 Å². The van der Waals surface area contributed by atoms with E-state index in [-0.39, 0.29) is 17.4 Å². The van der Waals surface area contributed by atoms with E-state index in [4.69, 9.17) is 5.10 Å². The molecular formula is C27H28N5O3S+. The number of unbranched alkanes of at least 4 members (excludes halogenated alkanes) is 2. The number of benzene rings is 2. The zero-order valence-electron chi connectivity index (χ0n) is 20.5. The molecule has 1 atom stereocenters. The molecule has 0 bridgehead atoms. The molecule has 9 heteroatoms. The smallest absolute Gasteiger partial charge is 0.291 e. The van der Waals surface area contributed by atoms with Crippen LogP contribution in [-0.2, 0) is 4.79 Å². The minimum absolute atomic E-state index is 0.140. The van der Waals surface area contributed by atoms with Gasteiger partial charge in [-0.15, -0.1) is 0 Å². The zero-order valence-corrected chi connectivity index (χ0v) is 21.3. The second kappa shape index (κ2) is 9.73. The number of thioether (sulfide) groups is 1. The molecule has 0 spiro atoms. The molecule has 1 N–H and O–H groups in total. The summed E-state index contributed by atoms with van der Waals surface area (Å²) in [6.45, 7) is 5.16. The van der Waals surface area contributed by atoms with Crippen molar-refractivity contribution in [2.75, 3.05) is 10.7 Å². The van der Waals surface area contributed by atoms with Crippen LogP contribution in [0.4, 0.5) is 5.69 Å². The number of H-pyrrole nitrogens is 1. The van der Waals surface area contributed by atoms with E-state index in [0.29, 0.717) is 22.1 Å². The second-order valence-electron chi connectivity index (χ2n) is 8.88. The summed E-state index contributed by atoms with van der Waals surface area (Å²) in [4.78, 5) is 43.7. The van der Waals surface area contributed by atoms with Crippen molar-refractivity contribution < 1.29 is 14.3 Å². The van der Waals surface area contributed by atoms with E-state index in [1.165, 1.54) is 25.6 Å². The van der Waals surface area contributed by atoms with Crippen LogP contribution in [0, 0.1) is 0 Å². The average molecular weight is 503 g/mol. The Kier molecular flexibility index (Phi) is 6.49. The SMILES string of the molecule is CCCCCSc1n[n+]2c(c(=O)[nH]1)-c1ccccc1N(C(C)=O)[C@@H]2c1cn(C(C)=O)c2ccccc12. The monoisotopic (exact) mass is 502 g/mol. The summed E-state index contributed by atoms with van der Waals surface area (Å²) in [5.74, 6) is 0.501. The molecule has 0 aliphatic carbocycles. The van der Waals surface area contributed by atoms with Crippen LogP contribution in [0.3, 0.4) is 0 Å². The standard InChI is InChI=1S/C27H27N5O3S/c1-4-5-10-15-36-27-28-25(35)24-20-12-7-9-14-23(20)31(18(3)34)26(32(24)29-27)21-16-30(17(2)33)22-13-8-6-11-19(21)22/h6-9,11-14,16,26H,4-5,10,15H2,1-3H3/p+1/t26-/m0/s1. The summed E-state index contributed by atoms with van der Waals surface area (Å²) in [5.41, 5.74) is 2.84. The predicted octanol–water partition coefficient (Wildman–Crippen LogP) is 4.53. The molecule has 36 heavy (non-hydrogen) atoms. The molecule has 184 valence electrons. The Morgan fingerprint density at radius 3 is 2.56 bits per heavy atom. The minimum Gasteiger partial charge on any atom is -0.291 e. The topological polar surface area (TPSA) is 91.9 Å². The molecule has 1 aliphatic heterocycles. The summed E-state index contributed by atoms with van der Waals surface area (Å²) in [6, 6.07) is 14.9. The van der Waals surface area contributed by atoms with Gasteiger partial charge in [0, 0.05) is 36.3 Å². The molecule has 2 aromatic carbocycles. The Morgan fingerprint density at radius 1 is 1.06 bits per heavy atom. The lowest BCUT2D eigenvalue weighted by Gasteiger charge is -2.31. The van der Waals surface area contributed by atoms with Crippen LogP contribution in [0.5, 0.6) is 0 Å². The molecule has 0 saturated heterocycles. The lowest BCUT2D eigenvalue weighted by molar-refractivity contribution is -0.762. The Balaban J connectivity index is 1.78. The number of rotatable bonds is 6. The number of carbonyl (C=O) groups is 2. The molecule has 4 aromatic rings. The summed E-state index contributed by atoms with van der Waals surface area (Å²) in [5, 5.41) is 6.18. The fraction of sp³-hybridized carbons (Fsp3) is 0.296. The third-order valence-electron chi connectivity index (χ3n) is 6.44. The van der Waals surface area contributed by atoms with Crippen LogP contribution in [0.1, 0.15) is 56.6 Å². The van der Waals surface area contributed by atoms with Crippen molar-refractivity contribution in [1.82, 2.24) is 14.6 Å². The van der Waals surface area contributed by atoms with Crippen molar-refractivity contribution in [3.8, 4) is 11.3 Å². The second-order valence-corrected chi connectivity index (χ2v) is 9.96. The van der Waals surface area contributed by atoms with Gasteiger partial charge in [0.1, 0.15) is 0 Å².